The number of aryl methyl sites for hydroxylation is 1. The van der Waals surface area contributed by atoms with Crippen LogP contribution in [0.3, 0.4) is 0 Å². The second-order valence-electron chi connectivity index (χ2n) is 12.0. The number of nitrogens with zero attached hydrogens (tertiary/aromatic N) is 4. The molecule has 8 nitrogen and oxygen atoms in total. The smallest absolute Gasteiger partial charge is 0.331 e. The Bertz CT molecular complexity index is 1290. The largest absolute Gasteiger partial charge is 1.00 e. The van der Waals surface area contributed by atoms with Gasteiger partial charge in [0.15, 0.2) is 6.10 Å². The Morgan fingerprint density at radius 3 is 2.41 bits per heavy atom. The van der Waals surface area contributed by atoms with Gasteiger partial charge in [0.25, 0.3) is 0 Å². The van der Waals surface area contributed by atoms with Gasteiger partial charge in [-0.2, -0.15) is 4.98 Å². The highest BCUT2D eigenvalue weighted by atomic mass is 79.9. The third-order valence-electron chi connectivity index (χ3n) is 9.50. The van der Waals surface area contributed by atoms with Gasteiger partial charge in [-0.1, -0.05) is 41.9 Å². The van der Waals surface area contributed by atoms with Gasteiger partial charge in [-0.05, 0) is 62.7 Å². The van der Waals surface area contributed by atoms with Crippen LogP contribution in [0.2, 0.25) is 0 Å². The van der Waals surface area contributed by atoms with E-state index in [1.165, 1.54) is 6.42 Å². The number of carbonyl (C=O) groups excluding carboxylic acids is 1. The maximum Gasteiger partial charge on any atom is 0.331 e. The molecule has 4 saturated heterocycles. The monoisotopic (exact) mass is 624 g/mol. The topological polar surface area (TPSA) is 77.7 Å². The van der Waals surface area contributed by atoms with E-state index in [0.29, 0.717) is 24.2 Å². The Morgan fingerprint density at radius 1 is 1.05 bits per heavy atom. The normalized spacial score (nSPS) is 25.6. The molecule has 7 rings (SSSR count). The summed E-state index contributed by atoms with van der Waals surface area (Å²) in [4.78, 5) is 20.7. The van der Waals surface area contributed by atoms with E-state index in [9.17, 15) is 4.79 Å². The lowest BCUT2D eigenvalue weighted by Crippen LogP contribution is -3.00. The zero-order valence-corrected chi connectivity index (χ0v) is 25.7. The third-order valence-corrected chi connectivity index (χ3v) is 9.50. The summed E-state index contributed by atoms with van der Waals surface area (Å²) in [5.74, 6) is 2.33. The Labute approximate surface area is 253 Å². The average molecular weight is 626 g/mol. The molecule has 0 amide bonds. The fourth-order valence-corrected chi connectivity index (χ4v) is 6.93. The van der Waals surface area contributed by atoms with E-state index in [2.05, 4.69) is 34.1 Å². The SMILES string of the molecule is Cc1nc(-c2ccc(OCC[N+]34CCC(CC3)[C@@H](OC(=O)[C@](C)(c3ccccc3)N3CCCCC3)C4)cc2)no1.[Br-]. The van der Waals surface area contributed by atoms with Gasteiger partial charge >= 0.3 is 5.97 Å². The second-order valence-corrected chi connectivity index (χ2v) is 12.0. The molecule has 1 aromatic heterocycles. The molecular weight excluding hydrogens is 584 g/mol. The number of ether oxygens (including phenoxy) is 2. The van der Waals surface area contributed by atoms with Crippen molar-refractivity contribution in [1.82, 2.24) is 15.0 Å². The minimum absolute atomic E-state index is 0. The lowest BCUT2D eigenvalue weighted by Gasteiger charge is -2.52. The van der Waals surface area contributed by atoms with E-state index in [1.54, 1.807) is 6.92 Å². The first-order valence-corrected chi connectivity index (χ1v) is 14.9. The van der Waals surface area contributed by atoms with Crippen LogP contribution in [0.25, 0.3) is 11.4 Å². The quantitative estimate of drug-likeness (QED) is 0.266. The molecule has 0 saturated carbocycles. The van der Waals surface area contributed by atoms with E-state index in [1.807, 2.05) is 42.5 Å². The highest BCUT2D eigenvalue weighted by molar-refractivity contribution is 5.82. The minimum atomic E-state index is -0.756. The first kappa shape index (κ1) is 29.7. The number of esters is 1. The predicted octanol–water partition coefficient (Wildman–Crippen LogP) is 1.98. The summed E-state index contributed by atoms with van der Waals surface area (Å²) in [6.07, 6.45) is 5.64. The summed E-state index contributed by atoms with van der Waals surface area (Å²) in [5.41, 5.74) is 1.18. The van der Waals surface area contributed by atoms with Crippen molar-refractivity contribution in [3.8, 4) is 17.1 Å². The summed E-state index contributed by atoms with van der Waals surface area (Å²) in [6, 6.07) is 18.1. The van der Waals surface area contributed by atoms with E-state index in [4.69, 9.17) is 14.0 Å². The maximum atomic E-state index is 14.0. The van der Waals surface area contributed by atoms with E-state index in [0.717, 1.165) is 86.3 Å². The fraction of sp³-hybridized carbons (Fsp3) is 0.531. The Kier molecular flexibility index (Phi) is 9.16. The molecule has 2 aromatic carbocycles. The van der Waals surface area contributed by atoms with Crippen LogP contribution in [0, 0.1) is 12.8 Å². The van der Waals surface area contributed by atoms with Crippen LogP contribution in [0.15, 0.2) is 59.1 Å². The summed E-state index contributed by atoms with van der Waals surface area (Å²) < 4.78 is 18.7. The zero-order valence-electron chi connectivity index (χ0n) is 24.1. The molecule has 220 valence electrons. The van der Waals surface area contributed by atoms with Crippen molar-refractivity contribution in [3.05, 3.63) is 66.1 Å². The zero-order chi connectivity index (χ0) is 27.6. The Morgan fingerprint density at radius 2 is 1.76 bits per heavy atom. The number of quaternary nitrogens is 1. The lowest BCUT2D eigenvalue weighted by molar-refractivity contribution is -0.946. The molecule has 41 heavy (non-hydrogen) atoms. The number of aromatic nitrogens is 2. The molecule has 2 atom stereocenters. The summed E-state index contributed by atoms with van der Waals surface area (Å²) in [7, 11) is 0. The number of hydrogen-bond acceptors (Lipinski definition) is 7. The predicted molar refractivity (Wildman–Crippen MR) is 152 cm³/mol. The van der Waals surface area contributed by atoms with Crippen LogP contribution >= 0.6 is 0 Å². The highest BCUT2D eigenvalue weighted by Gasteiger charge is 2.50. The van der Waals surface area contributed by atoms with Crippen molar-refractivity contribution in [2.24, 2.45) is 5.92 Å². The number of rotatable bonds is 9. The second kappa shape index (κ2) is 12.6. The Balaban J connectivity index is 0.00000337. The third kappa shape index (κ3) is 6.22. The van der Waals surface area contributed by atoms with Gasteiger partial charge in [0.1, 0.15) is 31.0 Å². The van der Waals surface area contributed by atoms with Crippen LogP contribution < -0.4 is 21.7 Å². The van der Waals surface area contributed by atoms with Crippen LogP contribution in [-0.2, 0) is 15.1 Å². The van der Waals surface area contributed by atoms with E-state index in [-0.39, 0.29) is 29.1 Å². The summed E-state index contributed by atoms with van der Waals surface area (Å²) in [6.45, 7) is 10.4. The lowest BCUT2D eigenvalue weighted by atomic mass is 9.82. The average Bonchev–Trinajstić information content (AvgIpc) is 3.44. The molecule has 9 heteroatoms. The number of fused-ring (bicyclic) bond motifs is 3. The molecule has 3 aromatic rings. The van der Waals surface area contributed by atoms with Crippen molar-refractivity contribution in [1.29, 1.82) is 0 Å². The fourth-order valence-electron chi connectivity index (χ4n) is 6.93. The Hall–Kier alpha value is -2.75. The van der Waals surface area contributed by atoms with Gasteiger partial charge in [-0.3, -0.25) is 4.90 Å². The van der Waals surface area contributed by atoms with Crippen LogP contribution in [0.5, 0.6) is 5.75 Å². The van der Waals surface area contributed by atoms with Gasteiger partial charge in [0.05, 0.1) is 13.1 Å². The minimum Gasteiger partial charge on any atom is -1.00 e. The first-order valence-electron chi connectivity index (χ1n) is 14.9. The van der Waals surface area contributed by atoms with E-state index < -0.39 is 5.54 Å². The number of benzene rings is 2. The molecule has 2 bridgehead atoms. The number of likely N-dealkylation sites (tertiary alicyclic amines) is 1. The van der Waals surface area contributed by atoms with E-state index >= 15 is 0 Å². The molecule has 5 heterocycles. The van der Waals surface area contributed by atoms with Gasteiger partial charge in [0, 0.05) is 31.2 Å². The molecule has 4 aliphatic rings. The molecule has 0 aliphatic carbocycles. The molecule has 0 spiro atoms. The maximum absolute atomic E-state index is 14.0. The van der Waals surface area contributed by atoms with Crippen LogP contribution in [-0.4, -0.2) is 77.5 Å². The van der Waals surface area contributed by atoms with Crippen molar-refractivity contribution < 1.29 is 40.3 Å². The van der Waals surface area contributed by atoms with Gasteiger partial charge < -0.3 is 35.5 Å². The first-order chi connectivity index (χ1) is 19.5. The molecule has 0 N–H and O–H groups in total. The van der Waals surface area contributed by atoms with Crippen LogP contribution in [0.1, 0.15) is 50.5 Å². The van der Waals surface area contributed by atoms with Crippen molar-refractivity contribution in [2.75, 3.05) is 45.9 Å². The van der Waals surface area contributed by atoms with Gasteiger partial charge in [-0.15, -0.1) is 0 Å². The van der Waals surface area contributed by atoms with Crippen molar-refractivity contribution in [3.63, 3.8) is 0 Å². The number of hydrogen-bond donors (Lipinski definition) is 0. The van der Waals surface area contributed by atoms with Crippen molar-refractivity contribution in [2.45, 2.75) is 57.6 Å². The van der Waals surface area contributed by atoms with Gasteiger partial charge in [0.2, 0.25) is 11.7 Å². The number of piperidine rings is 4. The summed E-state index contributed by atoms with van der Waals surface area (Å²) >= 11 is 0. The van der Waals surface area contributed by atoms with Crippen LogP contribution in [0.4, 0.5) is 0 Å². The van der Waals surface area contributed by atoms with Crippen molar-refractivity contribution >= 4 is 5.97 Å². The molecule has 4 fully saturated rings. The number of halogens is 1. The molecule has 0 unspecified atom stereocenters. The highest BCUT2D eigenvalue weighted by Crippen LogP contribution is 2.38. The van der Waals surface area contributed by atoms with Gasteiger partial charge in [-0.25, -0.2) is 4.79 Å². The number of carbonyl (C=O) groups is 1. The standard InChI is InChI=1S/C32H41N4O4.BrH/c1-24-33-30(34-40-24)26-11-13-28(14-12-26)38-22-21-36-19-15-25(16-20-36)29(23-36)39-31(37)32(2,27-9-5-3-6-10-27)35-17-7-4-8-18-35;/h3,5-6,9-14,25,29H,4,7-8,15-23H2,1-2H3;1H/q+1;/p-1/t25?,29-,32-,36?;/m0./s1. The molecular formula is C32H41BrN4O4. The molecule has 0 radical (unpaired) electrons. The molecule has 4 aliphatic heterocycles. The summed E-state index contributed by atoms with van der Waals surface area (Å²) in [5, 5.41) is 3.98.